The molecule has 2 rings (SSSR count). The molecule has 0 aromatic rings. The number of ether oxygens (including phenoxy) is 1. The van der Waals surface area contributed by atoms with Crippen molar-refractivity contribution < 1.29 is 9.84 Å². The van der Waals surface area contributed by atoms with Gasteiger partial charge in [0.05, 0.1) is 18.6 Å². The van der Waals surface area contributed by atoms with E-state index in [0.29, 0.717) is 5.90 Å². The van der Waals surface area contributed by atoms with Crippen LogP contribution >= 0.6 is 15.9 Å². The number of rotatable bonds is 3. The smallest absolute Gasteiger partial charge is 0.199 e. The van der Waals surface area contributed by atoms with Crippen LogP contribution in [0.15, 0.2) is 32.2 Å². The van der Waals surface area contributed by atoms with Gasteiger partial charge in [0.15, 0.2) is 5.90 Å². The van der Waals surface area contributed by atoms with Crippen LogP contribution < -0.4 is 0 Å². The molecular formula is C13H17BrN2O2. The predicted octanol–water partition coefficient (Wildman–Crippen LogP) is 2.44. The summed E-state index contributed by atoms with van der Waals surface area (Å²) in [6.45, 7) is 4.36. The van der Waals surface area contributed by atoms with Crippen LogP contribution in [0.3, 0.4) is 0 Å². The first-order valence-electron chi connectivity index (χ1n) is 6.10. The second-order valence-corrected chi connectivity index (χ2v) is 5.25. The van der Waals surface area contributed by atoms with E-state index in [1.807, 2.05) is 6.92 Å². The van der Waals surface area contributed by atoms with E-state index in [-0.39, 0.29) is 25.2 Å². The Labute approximate surface area is 115 Å². The van der Waals surface area contributed by atoms with Crippen molar-refractivity contribution in [3.05, 3.63) is 22.2 Å². The second-order valence-electron chi connectivity index (χ2n) is 4.33. The van der Waals surface area contributed by atoms with Gasteiger partial charge in [-0.3, -0.25) is 4.99 Å². The Hall–Kier alpha value is -0.940. The number of aliphatic hydroxyl groups is 1. The van der Waals surface area contributed by atoms with Crippen molar-refractivity contribution in [2.45, 2.75) is 26.3 Å². The molecule has 4 nitrogen and oxygen atoms in total. The number of aliphatic imine (C=N–C) groups is 2. The maximum absolute atomic E-state index is 8.87. The predicted molar refractivity (Wildman–Crippen MR) is 76.2 cm³/mol. The molecule has 0 radical (unpaired) electrons. The molecule has 1 N–H and O–H groups in total. The zero-order valence-electron chi connectivity index (χ0n) is 10.6. The molecule has 1 aliphatic carbocycles. The number of halogens is 1. The van der Waals surface area contributed by atoms with Crippen LogP contribution in [0.5, 0.6) is 0 Å². The maximum atomic E-state index is 8.87. The van der Waals surface area contributed by atoms with Crippen molar-refractivity contribution in [1.29, 1.82) is 0 Å². The van der Waals surface area contributed by atoms with Gasteiger partial charge in [0.25, 0.3) is 0 Å². The molecule has 0 saturated heterocycles. The number of allylic oxidation sites excluding steroid dienone is 2. The molecule has 5 heteroatoms. The van der Waals surface area contributed by atoms with Gasteiger partial charge in [-0.1, -0.05) is 28.9 Å². The Morgan fingerprint density at radius 1 is 1.50 bits per heavy atom. The van der Waals surface area contributed by atoms with E-state index in [4.69, 9.17) is 9.84 Å². The lowest BCUT2D eigenvalue weighted by Crippen LogP contribution is -2.35. The molecule has 2 aliphatic rings. The number of hydrogen-bond acceptors (Lipinski definition) is 4. The Morgan fingerprint density at radius 3 is 2.94 bits per heavy atom. The molecule has 1 aliphatic heterocycles. The van der Waals surface area contributed by atoms with Gasteiger partial charge in [-0.2, -0.15) is 0 Å². The monoisotopic (exact) mass is 312 g/mol. The van der Waals surface area contributed by atoms with Gasteiger partial charge in [0.1, 0.15) is 12.4 Å². The second kappa shape index (κ2) is 5.80. The first-order chi connectivity index (χ1) is 8.65. The molecule has 1 heterocycles. The van der Waals surface area contributed by atoms with Crippen LogP contribution in [-0.2, 0) is 4.74 Å². The molecule has 98 valence electrons. The highest BCUT2D eigenvalue weighted by atomic mass is 79.9. The van der Waals surface area contributed by atoms with Gasteiger partial charge >= 0.3 is 0 Å². The summed E-state index contributed by atoms with van der Waals surface area (Å²) >= 11 is 3.49. The van der Waals surface area contributed by atoms with E-state index in [9.17, 15) is 0 Å². The Bertz CT molecular complexity index is 452. The number of amidine groups is 1. The fraction of sp³-hybridized carbons (Fsp3) is 0.538. The maximum Gasteiger partial charge on any atom is 0.199 e. The fourth-order valence-corrected chi connectivity index (χ4v) is 2.77. The quantitative estimate of drug-likeness (QED) is 0.870. The summed E-state index contributed by atoms with van der Waals surface area (Å²) in [5.74, 6) is 1.50. The molecule has 0 bridgehead atoms. The van der Waals surface area contributed by atoms with Crippen molar-refractivity contribution >= 4 is 27.7 Å². The standard InChI is InChI=1S/C13H17BrN2O2/c1-3-11-15-12-8(2)6-9(14)7-10(12)13(16-11)18-5-4-17/h6-7,10,12,17H,3-5H2,1-2H3. The summed E-state index contributed by atoms with van der Waals surface area (Å²) in [7, 11) is 0. The number of nitrogens with zero attached hydrogens (tertiary/aromatic N) is 2. The van der Waals surface area contributed by atoms with Gasteiger partial charge < -0.3 is 9.84 Å². The van der Waals surface area contributed by atoms with E-state index >= 15 is 0 Å². The van der Waals surface area contributed by atoms with Crippen molar-refractivity contribution in [3.63, 3.8) is 0 Å². The third-order valence-electron chi connectivity index (χ3n) is 2.98. The van der Waals surface area contributed by atoms with Gasteiger partial charge in [-0.25, -0.2) is 4.99 Å². The number of hydrogen-bond donors (Lipinski definition) is 1. The Balaban J connectivity index is 2.30. The van der Waals surface area contributed by atoms with E-state index in [0.717, 1.165) is 16.7 Å². The van der Waals surface area contributed by atoms with Crippen molar-refractivity contribution in [3.8, 4) is 0 Å². The SMILES string of the molecule is CCC1=NC2C(C)=CC(Br)=CC2C(OCCO)=N1. The van der Waals surface area contributed by atoms with Crippen LogP contribution in [0.2, 0.25) is 0 Å². The summed E-state index contributed by atoms with van der Waals surface area (Å²) in [6, 6.07) is 0.0763. The first kappa shape index (κ1) is 13.5. The molecule has 0 spiro atoms. The molecule has 18 heavy (non-hydrogen) atoms. The zero-order chi connectivity index (χ0) is 13.1. The number of fused-ring (bicyclic) bond motifs is 1. The summed E-state index contributed by atoms with van der Waals surface area (Å²) in [4.78, 5) is 9.08. The number of aliphatic hydroxyl groups excluding tert-OH is 1. The van der Waals surface area contributed by atoms with E-state index in [2.05, 4.69) is 45.0 Å². The fourth-order valence-electron chi connectivity index (χ4n) is 2.13. The minimum atomic E-state index is -0.00524. The zero-order valence-corrected chi connectivity index (χ0v) is 12.1. The highest BCUT2D eigenvalue weighted by Crippen LogP contribution is 2.32. The highest BCUT2D eigenvalue weighted by molar-refractivity contribution is 9.11. The molecule has 0 saturated carbocycles. The minimum absolute atomic E-state index is 0.00524. The average molecular weight is 313 g/mol. The molecule has 0 aromatic carbocycles. The summed E-state index contributed by atoms with van der Waals surface area (Å²) < 4.78 is 6.58. The highest BCUT2D eigenvalue weighted by Gasteiger charge is 2.33. The normalized spacial score (nSPS) is 26.7. The Morgan fingerprint density at radius 2 is 2.28 bits per heavy atom. The lowest BCUT2D eigenvalue weighted by Gasteiger charge is -2.30. The lowest BCUT2D eigenvalue weighted by molar-refractivity contribution is 0.185. The summed E-state index contributed by atoms with van der Waals surface area (Å²) in [5.41, 5.74) is 1.19. The molecular weight excluding hydrogens is 296 g/mol. The molecule has 0 amide bonds. The van der Waals surface area contributed by atoms with Gasteiger partial charge in [0.2, 0.25) is 0 Å². The molecule has 0 aromatic heterocycles. The van der Waals surface area contributed by atoms with Gasteiger partial charge in [0, 0.05) is 10.9 Å². The van der Waals surface area contributed by atoms with E-state index < -0.39 is 0 Å². The van der Waals surface area contributed by atoms with Crippen LogP contribution in [0, 0.1) is 5.92 Å². The summed E-state index contributed by atoms with van der Waals surface area (Å²) in [5, 5.41) is 8.87. The van der Waals surface area contributed by atoms with Crippen LogP contribution in [0.1, 0.15) is 20.3 Å². The third kappa shape index (κ3) is 2.72. The summed E-state index contributed by atoms with van der Waals surface area (Å²) in [6.07, 6.45) is 4.92. The van der Waals surface area contributed by atoms with Crippen LogP contribution in [-0.4, -0.2) is 36.1 Å². The van der Waals surface area contributed by atoms with E-state index in [1.54, 1.807) is 0 Å². The lowest BCUT2D eigenvalue weighted by atomic mass is 9.88. The van der Waals surface area contributed by atoms with Crippen LogP contribution in [0.4, 0.5) is 0 Å². The van der Waals surface area contributed by atoms with Crippen molar-refractivity contribution in [2.24, 2.45) is 15.9 Å². The van der Waals surface area contributed by atoms with Crippen molar-refractivity contribution in [1.82, 2.24) is 0 Å². The minimum Gasteiger partial charge on any atom is -0.478 e. The van der Waals surface area contributed by atoms with Crippen molar-refractivity contribution in [2.75, 3.05) is 13.2 Å². The van der Waals surface area contributed by atoms with Gasteiger partial charge in [-0.05, 0) is 18.6 Å². The topological polar surface area (TPSA) is 54.2 Å². The molecule has 2 atom stereocenters. The van der Waals surface area contributed by atoms with Crippen LogP contribution in [0.25, 0.3) is 0 Å². The van der Waals surface area contributed by atoms with Gasteiger partial charge in [-0.15, -0.1) is 0 Å². The average Bonchev–Trinajstić information content (AvgIpc) is 2.36. The largest absolute Gasteiger partial charge is 0.478 e. The third-order valence-corrected chi connectivity index (χ3v) is 3.47. The van der Waals surface area contributed by atoms with E-state index in [1.165, 1.54) is 5.57 Å². The first-order valence-corrected chi connectivity index (χ1v) is 6.89. The Kier molecular flexibility index (Phi) is 4.35. The molecule has 2 unspecified atom stereocenters. The molecule has 0 fully saturated rings.